The Hall–Kier alpha value is -0.730. The van der Waals surface area contributed by atoms with Gasteiger partial charge in [0.2, 0.25) is 0 Å². The number of nitrogens with zero attached hydrogens (tertiary/aromatic N) is 4. The molecule has 14 heavy (non-hydrogen) atoms. The van der Waals surface area contributed by atoms with Gasteiger partial charge < -0.3 is 4.90 Å². The van der Waals surface area contributed by atoms with E-state index in [1.165, 1.54) is 19.5 Å². The molecule has 0 radical (unpaired) electrons. The minimum Gasteiger partial charge on any atom is -0.303 e. The summed E-state index contributed by atoms with van der Waals surface area (Å²) < 4.78 is 0. The van der Waals surface area contributed by atoms with Gasteiger partial charge in [0.05, 0.1) is 0 Å². The lowest BCUT2D eigenvalue weighted by Gasteiger charge is -2.35. The predicted molar refractivity (Wildman–Crippen MR) is 58.0 cm³/mol. The highest BCUT2D eigenvalue weighted by Crippen LogP contribution is 2.22. The van der Waals surface area contributed by atoms with Crippen LogP contribution in [0.2, 0.25) is 0 Å². The van der Waals surface area contributed by atoms with Crippen molar-refractivity contribution < 1.29 is 0 Å². The molecule has 0 N–H and O–H groups in total. The summed E-state index contributed by atoms with van der Waals surface area (Å²) in [4.78, 5) is 5.24. The van der Waals surface area contributed by atoms with Crippen molar-refractivity contribution in [3.8, 4) is 0 Å². The highest BCUT2D eigenvalue weighted by atomic mass is 15.1. The van der Waals surface area contributed by atoms with Crippen LogP contribution in [0.25, 0.3) is 10.4 Å². The van der Waals surface area contributed by atoms with E-state index in [4.69, 9.17) is 5.53 Å². The fourth-order valence-electron chi connectivity index (χ4n) is 1.96. The van der Waals surface area contributed by atoms with Crippen LogP contribution in [0.4, 0.5) is 0 Å². The van der Waals surface area contributed by atoms with Crippen molar-refractivity contribution in [3.63, 3.8) is 0 Å². The second-order valence-electron chi connectivity index (χ2n) is 4.35. The summed E-state index contributed by atoms with van der Waals surface area (Å²) in [5.74, 6) is 1.67. The first-order valence-corrected chi connectivity index (χ1v) is 5.47. The lowest BCUT2D eigenvalue weighted by molar-refractivity contribution is 0.138. The normalized spacial score (nSPS) is 28.4. The molecule has 0 aromatic carbocycles. The first-order valence-electron chi connectivity index (χ1n) is 5.47. The highest BCUT2D eigenvalue weighted by molar-refractivity contribution is 4.75. The molecule has 0 amide bonds. The third-order valence-corrected chi connectivity index (χ3v) is 3.21. The number of hydrogen-bond acceptors (Lipinski definition) is 2. The molecule has 0 spiro atoms. The van der Waals surface area contributed by atoms with Gasteiger partial charge in [-0.1, -0.05) is 19.0 Å². The van der Waals surface area contributed by atoms with Crippen LogP contribution < -0.4 is 0 Å². The first kappa shape index (κ1) is 11.3. The van der Waals surface area contributed by atoms with E-state index in [1.807, 2.05) is 0 Å². The number of azide groups is 1. The van der Waals surface area contributed by atoms with Gasteiger partial charge in [-0.25, -0.2) is 0 Å². The number of hydrogen-bond donors (Lipinski definition) is 0. The molecule has 4 heteroatoms. The maximum Gasteiger partial charge on any atom is 0.0270 e. The van der Waals surface area contributed by atoms with Crippen LogP contribution >= 0.6 is 0 Å². The average Bonchev–Trinajstić information content (AvgIpc) is 2.18. The van der Waals surface area contributed by atoms with Gasteiger partial charge in [-0.05, 0) is 43.3 Å². The average molecular weight is 196 g/mol. The van der Waals surface area contributed by atoms with Crippen LogP contribution in [0.1, 0.15) is 26.7 Å². The molecule has 4 nitrogen and oxygen atoms in total. The molecule has 0 aliphatic carbocycles. The lowest BCUT2D eigenvalue weighted by Crippen LogP contribution is -2.39. The van der Waals surface area contributed by atoms with E-state index in [1.54, 1.807) is 0 Å². The number of likely N-dealkylation sites (tertiary alicyclic amines) is 1. The van der Waals surface area contributed by atoms with Gasteiger partial charge in [-0.15, -0.1) is 0 Å². The SMILES string of the molecule is CC1CCN(CCCN=[N+]=[N-])CC1C. The molecule has 2 atom stereocenters. The Bertz CT molecular complexity index is 210. The van der Waals surface area contributed by atoms with Crippen molar-refractivity contribution >= 4 is 0 Å². The third-order valence-electron chi connectivity index (χ3n) is 3.21. The Morgan fingerprint density at radius 3 is 2.86 bits per heavy atom. The zero-order valence-corrected chi connectivity index (χ0v) is 9.19. The lowest BCUT2D eigenvalue weighted by atomic mass is 9.89. The minimum atomic E-state index is 0.636. The summed E-state index contributed by atoms with van der Waals surface area (Å²) in [6.07, 6.45) is 2.30. The molecule has 1 heterocycles. The van der Waals surface area contributed by atoms with Crippen LogP contribution in [0.3, 0.4) is 0 Å². The zero-order valence-electron chi connectivity index (χ0n) is 9.19. The highest BCUT2D eigenvalue weighted by Gasteiger charge is 2.21. The minimum absolute atomic E-state index is 0.636. The molecule has 1 aliphatic rings. The van der Waals surface area contributed by atoms with E-state index >= 15 is 0 Å². The second kappa shape index (κ2) is 5.89. The van der Waals surface area contributed by atoms with Crippen LogP contribution in [0.15, 0.2) is 5.11 Å². The molecular formula is C10H20N4. The van der Waals surface area contributed by atoms with Gasteiger partial charge in [0.1, 0.15) is 0 Å². The van der Waals surface area contributed by atoms with Gasteiger partial charge in [0.15, 0.2) is 0 Å². The summed E-state index contributed by atoms with van der Waals surface area (Å²) in [5.41, 5.74) is 8.12. The molecule has 2 unspecified atom stereocenters. The van der Waals surface area contributed by atoms with E-state index in [0.717, 1.165) is 24.8 Å². The summed E-state index contributed by atoms with van der Waals surface area (Å²) in [7, 11) is 0. The summed E-state index contributed by atoms with van der Waals surface area (Å²) in [6.45, 7) is 8.79. The maximum atomic E-state index is 8.12. The fourth-order valence-corrected chi connectivity index (χ4v) is 1.96. The standard InChI is InChI=1S/C10H20N4/c1-9-4-7-14(8-10(9)2)6-3-5-12-13-11/h9-10H,3-8H2,1-2H3. The zero-order chi connectivity index (χ0) is 10.4. The maximum absolute atomic E-state index is 8.12. The molecule has 0 aromatic rings. The summed E-state index contributed by atoms with van der Waals surface area (Å²) >= 11 is 0. The van der Waals surface area contributed by atoms with Crippen LogP contribution in [0.5, 0.6) is 0 Å². The van der Waals surface area contributed by atoms with Crippen molar-refractivity contribution in [2.75, 3.05) is 26.2 Å². The van der Waals surface area contributed by atoms with Gasteiger partial charge in [0.25, 0.3) is 0 Å². The monoisotopic (exact) mass is 196 g/mol. The van der Waals surface area contributed by atoms with E-state index in [9.17, 15) is 0 Å². The Kier molecular flexibility index (Phi) is 4.77. The molecule has 1 fully saturated rings. The molecular weight excluding hydrogens is 176 g/mol. The molecule has 0 bridgehead atoms. The molecule has 0 aromatic heterocycles. The molecule has 1 saturated heterocycles. The van der Waals surface area contributed by atoms with E-state index in [-0.39, 0.29) is 0 Å². The molecule has 1 aliphatic heterocycles. The fraction of sp³-hybridized carbons (Fsp3) is 1.00. The van der Waals surface area contributed by atoms with Crippen molar-refractivity contribution in [2.45, 2.75) is 26.7 Å². The molecule has 80 valence electrons. The van der Waals surface area contributed by atoms with Gasteiger partial charge in [-0.3, -0.25) is 0 Å². The van der Waals surface area contributed by atoms with Gasteiger partial charge in [-0.2, -0.15) is 0 Å². The van der Waals surface area contributed by atoms with Gasteiger partial charge in [0, 0.05) is 18.0 Å². The smallest absolute Gasteiger partial charge is 0.0270 e. The number of piperidine rings is 1. The predicted octanol–water partition coefficient (Wildman–Crippen LogP) is 2.66. The summed E-state index contributed by atoms with van der Waals surface area (Å²) in [6, 6.07) is 0. The Balaban J connectivity index is 2.16. The largest absolute Gasteiger partial charge is 0.303 e. The molecule has 0 saturated carbocycles. The van der Waals surface area contributed by atoms with Crippen molar-refractivity contribution in [3.05, 3.63) is 10.4 Å². The van der Waals surface area contributed by atoms with Crippen LogP contribution in [-0.4, -0.2) is 31.1 Å². The third kappa shape index (κ3) is 3.56. The topological polar surface area (TPSA) is 52.0 Å². The Labute approximate surface area is 85.9 Å². The van der Waals surface area contributed by atoms with Crippen LogP contribution in [0, 0.1) is 11.8 Å². The van der Waals surface area contributed by atoms with Gasteiger partial charge >= 0.3 is 0 Å². The number of rotatable bonds is 4. The quantitative estimate of drug-likeness (QED) is 0.295. The van der Waals surface area contributed by atoms with Crippen molar-refractivity contribution in [1.29, 1.82) is 0 Å². The van der Waals surface area contributed by atoms with E-state index in [2.05, 4.69) is 28.8 Å². The molecule has 1 rings (SSSR count). The summed E-state index contributed by atoms with van der Waals surface area (Å²) in [5, 5.41) is 3.54. The van der Waals surface area contributed by atoms with E-state index < -0.39 is 0 Å². The van der Waals surface area contributed by atoms with Crippen molar-refractivity contribution in [2.24, 2.45) is 17.0 Å². The van der Waals surface area contributed by atoms with Crippen LogP contribution in [-0.2, 0) is 0 Å². The second-order valence-corrected chi connectivity index (χ2v) is 4.35. The van der Waals surface area contributed by atoms with E-state index in [0.29, 0.717) is 6.54 Å². The Morgan fingerprint density at radius 1 is 1.43 bits per heavy atom. The van der Waals surface area contributed by atoms with Crippen molar-refractivity contribution in [1.82, 2.24) is 4.90 Å². The first-order chi connectivity index (χ1) is 6.74. The Morgan fingerprint density at radius 2 is 2.21 bits per heavy atom.